The standard InChI is InChI=1S/C18H28N4O5S2/c1-11(2)13(15(24)26-6)22-14(23)12(21-17(25)27-18(3,4)5)10-28-29-16-19-8-7-9-20-16/h7-9,11-13H,10H2,1-6H3,(H,21,25)(H,22,23)/t12-,13-/m0/s1. The number of nitrogens with zero attached hydrogens (tertiary/aromatic N) is 2. The first kappa shape index (κ1) is 25.0. The van der Waals surface area contributed by atoms with Gasteiger partial charge in [0.2, 0.25) is 5.91 Å². The normalized spacial score (nSPS) is 13.3. The van der Waals surface area contributed by atoms with E-state index in [9.17, 15) is 14.4 Å². The molecular formula is C18H28N4O5S2. The third kappa shape index (κ3) is 9.84. The molecule has 0 spiro atoms. The van der Waals surface area contributed by atoms with Gasteiger partial charge in [-0.05, 0) is 43.5 Å². The quantitative estimate of drug-likeness (QED) is 0.336. The second-order valence-corrected chi connectivity index (χ2v) is 9.66. The number of methoxy groups -OCH3 is 1. The third-order valence-electron chi connectivity index (χ3n) is 3.34. The molecule has 11 heteroatoms. The highest BCUT2D eigenvalue weighted by molar-refractivity contribution is 8.76. The van der Waals surface area contributed by atoms with E-state index in [1.165, 1.54) is 28.7 Å². The minimum Gasteiger partial charge on any atom is -0.467 e. The van der Waals surface area contributed by atoms with Crippen molar-refractivity contribution < 1.29 is 23.9 Å². The molecule has 162 valence electrons. The van der Waals surface area contributed by atoms with Crippen LogP contribution in [0.4, 0.5) is 4.79 Å². The molecule has 0 aromatic carbocycles. The number of carbonyl (C=O) groups is 3. The zero-order valence-electron chi connectivity index (χ0n) is 17.4. The number of alkyl carbamates (subject to hydrolysis) is 1. The van der Waals surface area contributed by atoms with Gasteiger partial charge in [0, 0.05) is 18.1 Å². The molecule has 0 fully saturated rings. The number of nitrogens with one attached hydrogen (secondary N) is 2. The number of hydrogen-bond donors (Lipinski definition) is 2. The molecule has 0 aliphatic heterocycles. The molecule has 2 atom stereocenters. The van der Waals surface area contributed by atoms with E-state index in [0.717, 1.165) is 0 Å². The van der Waals surface area contributed by atoms with Gasteiger partial charge in [-0.1, -0.05) is 24.6 Å². The van der Waals surface area contributed by atoms with E-state index in [0.29, 0.717) is 5.16 Å². The summed E-state index contributed by atoms with van der Waals surface area (Å²) in [4.78, 5) is 45.1. The Hall–Kier alpha value is -2.01. The molecule has 0 saturated heterocycles. The third-order valence-corrected chi connectivity index (χ3v) is 5.49. The molecule has 0 bridgehead atoms. The smallest absolute Gasteiger partial charge is 0.408 e. The molecule has 1 aromatic rings. The van der Waals surface area contributed by atoms with E-state index < -0.39 is 35.7 Å². The van der Waals surface area contributed by atoms with Crippen LogP contribution in [0.3, 0.4) is 0 Å². The second kappa shape index (κ2) is 11.9. The fraction of sp³-hybridized carbons (Fsp3) is 0.611. The molecule has 0 radical (unpaired) electrons. The highest BCUT2D eigenvalue weighted by Crippen LogP contribution is 2.28. The zero-order valence-corrected chi connectivity index (χ0v) is 19.1. The summed E-state index contributed by atoms with van der Waals surface area (Å²) in [6.45, 7) is 8.76. The number of ether oxygens (including phenoxy) is 2. The van der Waals surface area contributed by atoms with Crippen molar-refractivity contribution in [2.45, 2.75) is 57.5 Å². The van der Waals surface area contributed by atoms with Crippen molar-refractivity contribution >= 4 is 39.6 Å². The van der Waals surface area contributed by atoms with Crippen molar-refractivity contribution in [3.05, 3.63) is 18.5 Å². The van der Waals surface area contributed by atoms with Gasteiger partial charge in [-0.25, -0.2) is 19.6 Å². The van der Waals surface area contributed by atoms with Gasteiger partial charge in [0.1, 0.15) is 17.7 Å². The lowest BCUT2D eigenvalue weighted by Gasteiger charge is -2.25. The molecule has 2 N–H and O–H groups in total. The van der Waals surface area contributed by atoms with E-state index in [4.69, 9.17) is 9.47 Å². The van der Waals surface area contributed by atoms with Crippen LogP contribution >= 0.6 is 21.6 Å². The number of rotatable bonds is 9. The van der Waals surface area contributed by atoms with Gasteiger partial charge < -0.3 is 20.1 Å². The number of aromatic nitrogens is 2. The Morgan fingerprint density at radius 3 is 2.28 bits per heavy atom. The Balaban J connectivity index is 2.82. The molecule has 0 aliphatic rings. The molecule has 0 aliphatic carbocycles. The van der Waals surface area contributed by atoms with Gasteiger partial charge >= 0.3 is 12.1 Å². The zero-order chi connectivity index (χ0) is 22.0. The van der Waals surface area contributed by atoms with Crippen molar-refractivity contribution in [3.63, 3.8) is 0 Å². The fourth-order valence-corrected chi connectivity index (χ4v) is 3.93. The van der Waals surface area contributed by atoms with Gasteiger partial charge in [0.05, 0.1) is 7.11 Å². The Labute approximate surface area is 178 Å². The Morgan fingerprint density at radius 2 is 1.76 bits per heavy atom. The van der Waals surface area contributed by atoms with E-state index in [1.54, 1.807) is 53.1 Å². The average molecular weight is 445 g/mol. The van der Waals surface area contributed by atoms with Crippen LogP contribution in [-0.4, -0.2) is 58.5 Å². The number of carbonyl (C=O) groups excluding carboxylic acids is 3. The monoisotopic (exact) mass is 444 g/mol. The summed E-state index contributed by atoms with van der Waals surface area (Å²) in [7, 11) is 3.83. The summed E-state index contributed by atoms with van der Waals surface area (Å²) in [5.74, 6) is -1.04. The van der Waals surface area contributed by atoms with Gasteiger partial charge in [-0.2, -0.15) is 0 Å². The molecule has 1 heterocycles. The van der Waals surface area contributed by atoms with Gasteiger partial charge in [0.15, 0.2) is 5.16 Å². The van der Waals surface area contributed by atoms with Crippen molar-refractivity contribution in [1.29, 1.82) is 0 Å². The Kier molecular flexibility index (Phi) is 10.2. The largest absolute Gasteiger partial charge is 0.467 e. The summed E-state index contributed by atoms with van der Waals surface area (Å²) in [5, 5.41) is 5.74. The predicted octanol–water partition coefficient (Wildman–Crippen LogP) is 2.42. The van der Waals surface area contributed by atoms with E-state index in [2.05, 4.69) is 20.6 Å². The van der Waals surface area contributed by atoms with Crippen molar-refractivity contribution in [2.24, 2.45) is 5.92 Å². The highest BCUT2D eigenvalue weighted by atomic mass is 33.1. The van der Waals surface area contributed by atoms with Crippen LogP contribution in [0.1, 0.15) is 34.6 Å². The van der Waals surface area contributed by atoms with Crippen LogP contribution in [0.25, 0.3) is 0 Å². The van der Waals surface area contributed by atoms with Crippen LogP contribution in [0.15, 0.2) is 23.6 Å². The second-order valence-electron chi connectivity index (χ2n) is 7.35. The van der Waals surface area contributed by atoms with Crippen molar-refractivity contribution in [2.75, 3.05) is 12.9 Å². The van der Waals surface area contributed by atoms with Crippen LogP contribution in [-0.2, 0) is 19.1 Å². The summed E-state index contributed by atoms with van der Waals surface area (Å²) in [6, 6.07) is -0.0593. The summed E-state index contributed by atoms with van der Waals surface area (Å²) < 4.78 is 9.99. The minimum atomic E-state index is -0.933. The molecule has 1 rings (SSSR count). The maximum atomic E-state index is 12.8. The Bertz CT molecular complexity index is 683. The molecule has 9 nitrogen and oxygen atoms in total. The molecule has 29 heavy (non-hydrogen) atoms. The molecule has 1 aromatic heterocycles. The molecule has 2 amide bonds. The van der Waals surface area contributed by atoms with E-state index in [-0.39, 0.29) is 11.7 Å². The number of hydrogen-bond acceptors (Lipinski definition) is 9. The van der Waals surface area contributed by atoms with Crippen LogP contribution in [0.2, 0.25) is 0 Å². The van der Waals surface area contributed by atoms with E-state index >= 15 is 0 Å². The van der Waals surface area contributed by atoms with Gasteiger partial charge in [-0.3, -0.25) is 4.79 Å². The van der Waals surface area contributed by atoms with Crippen LogP contribution < -0.4 is 10.6 Å². The lowest BCUT2D eigenvalue weighted by Crippen LogP contribution is -2.54. The average Bonchev–Trinajstić information content (AvgIpc) is 2.63. The predicted molar refractivity (Wildman–Crippen MR) is 112 cm³/mol. The fourth-order valence-electron chi connectivity index (χ4n) is 1.99. The van der Waals surface area contributed by atoms with Crippen molar-refractivity contribution in [3.8, 4) is 0 Å². The van der Waals surface area contributed by atoms with Crippen LogP contribution in [0, 0.1) is 5.92 Å². The first-order chi connectivity index (χ1) is 13.5. The Morgan fingerprint density at radius 1 is 1.14 bits per heavy atom. The highest BCUT2D eigenvalue weighted by Gasteiger charge is 2.30. The number of amides is 2. The number of esters is 1. The van der Waals surface area contributed by atoms with E-state index in [1.807, 2.05) is 0 Å². The molecule has 0 saturated carbocycles. The maximum Gasteiger partial charge on any atom is 0.408 e. The first-order valence-corrected chi connectivity index (χ1v) is 11.3. The SMILES string of the molecule is COC(=O)[C@@H](NC(=O)[C@H](CSSc1ncccn1)NC(=O)OC(C)(C)C)C(C)C. The molecular weight excluding hydrogens is 416 g/mol. The summed E-state index contributed by atoms with van der Waals surface area (Å²) >= 11 is 0. The lowest BCUT2D eigenvalue weighted by atomic mass is 10.0. The topological polar surface area (TPSA) is 120 Å². The maximum absolute atomic E-state index is 12.8. The van der Waals surface area contributed by atoms with Crippen LogP contribution in [0.5, 0.6) is 0 Å². The van der Waals surface area contributed by atoms with Gasteiger partial charge in [-0.15, -0.1) is 0 Å². The summed E-state index contributed by atoms with van der Waals surface area (Å²) in [5.41, 5.74) is -0.711. The first-order valence-electron chi connectivity index (χ1n) is 8.97. The summed E-state index contributed by atoms with van der Waals surface area (Å²) in [6.07, 6.45) is 2.50. The van der Waals surface area contributed by atoms with Gasteiger partial charge in [0.25, 0.3) is 0 Å². The minimum absolute atomic E-state index is 0.187. The molecule has 0 unspecified atom stereocenters. The van der Waals surface area contributed by atoms with Crippen molar-refractivity contribution in [1.82, 2.24) is 20.6 Å². The lowest BCUT2D eigenvalue weighted by molar-refractivity contribution is -0.146.